The molecule has 0 saturated carbocycles. The van der Waals surface area contributed by atoms with Crippen LogP contribution >= 0.6 is 11.6 Å². The van der Waals surface area contributed by atoms with Crippen molar-refractivity contribution < 1.29 is 0 Å². The first-order valence-electron chi connectivity index (χ1n) is 5.90. The van der Waals surface area contributed by atoms with E-state index in [1.807, 2.05) is 42.5 Å². The highest BCUT2D eigenvalue weighted by atomic mass is 35.5. The summed E-state index contributed by atoms with van der Waals surface area (Å²) < 4.78 is 0. The lowest BCUT2D eigenvalue weighted by molar-refractivity contribution is 1.40. The maximum atomic E-state index is 6.17. The molecule has 0 aliphatic rings. The highest BCUT2D eigenvalue weighted by Crippen LogP contribution is 2.33. The molecule has 0 saturated heterocycles. The van der Waals surface area contributed by atoms with E-state index in [0.717, 1.165) is 16.6 Å². The second kappa shape index (κ2) is 4.78. The van der Waals surface area contributed by atoms with Gasteiger partial charge in [0.05, 0.1) is 27.6 Å². The van der Waals surface area contributed by atoms with E-state index in [0.29, 0.717) is 16.4 Å². The van der Waals surface area contributed by atoms with Crippen LogP contribution in [-0.4, -0.2) is 4.98 Å². The van der Waals surface area contributed by atoms with Gasteiger partial charge < -0.3 is 11.1 Å². The van der Waals surface area contributed by atoms with Crippen molar-refractivity contribution in [1.82, 2.24) is 4.98 Å². The molecule has 3 aromatic rings. The second-order valence-corrected chi connectivity index (χ2v) is 4.62. The van der Waals surface area contributed by atoms with Crippen LogP contribution in [0.1, 0.15) is 0 Å². The summed E-state index contributed by atoms with van der Waals surface area (Å²) in [4.78, 5) is 4.39. The zero-order valence-corrected chi connectivity index (χ0v) is 10.9. The Bertz CT molecular complexity index is 715. The van der Waals surface area contributed by atoms with Crippen LogP contribution in [0.2, 0.25) is 5.02 Å². The van der Waals surface area contributed by atoms with E-state index >= 15 is 0 Å². The van der Waals surface area contributed by atoms with Crippen molar-refractivity contribution in [2.45, 2.75) is 0 Å². The molecule has 19 heavy (non-hydrogen) atoms. The Morgan fingerprint density at radius 3 is 2.63 bits per heavy atom. The first-order chi connectivity index (χ1) is 9.25. The van der Waals surface area contributed by atoms with Crippen molar-refractivity contribution in [3.05, 3.63) is 59.8 Å². The fourth-order valence-corrected chi connectivity index (χ4v) is 2.24. The van der Waals surface area contributed by atoms with Crippen LogP contribution in [0.5, 0.6) is 0 Å². The molecular formula is C15H12ClN3. The number of benzene rings is 2. The molecule has 3 N–H and O–H groups in total. The monoisotopic (exact) mass is 269 g/mol. The van der Waals surface area contributed by atoms with Gasteiger partial charge in [-0.2, -0.15) is 0 Å². The van der Waals surface area contributed by atoms with E-state index in [1.165, 1.54) is 0 Å². The summed E-state index contributed by atoms with van der Waals surface area (Å²) >= 11 is 6.17. The Morgan fingerprint density at radius 2 is 1.79 bits per heavy atom. The topological polar surface area (TPSA) is 50.9 Å². The smallest absolute Gasteiger partial charge is 0.0936 e. The predicted molar refractivity (Wildman–Crippen MR) is 80.9 cm³/mol. The van der Waals surface area contributed by atoms with E-state index in [9.17, 15) is 0 Å². The van der Waals surface area contributed by atoms with Gasteiger partial charge in [-0.15, -0.1) is 0 Å². The molecule has 1 aromatic heterocycles. The second-order valence-electron chi connectivity index (χ2n) is 4.21. The summed E-state index contributed by atoms with van der Waals surface area (Å²) in [5.41, 5.74) is 9.05. The number of nitrogen functional groups attached to an aromatic ring is 1. The standard InChI is InChI=1S/C15H12ClN3/c16-11-6-2-7-12(17)15(11)19-13-8-1-4-10-5-3-9-18-14(10)13/h1-9,19H,17H2. The fraction of sp³-hybridized carbons (Fsp3) is 0. The average molecular weight is 270 g/mol. The van der Waals surface area contributed by atoms with Gasteiger partial charge in [-0.25, -0.2) is 0 Å². The third-order valence-electron chi connectivity index (χ3n) is 2.94. The van der Waals surface area contributed by atoms with Crippen LogP contribution in [0.4, 0.5) is 17.1 Å². The molecule has 0 aliphatic carbocycles. The number of aromatic nitrogens is 1. The Kier molecular flexibility index (Phi) is 2.97. The van der Waals surface area contributed by atoms with Crippen LogP contribution in [-0.2, 0) is 0 Å². The highest BCUT2D eigenvalue weighted by molar-refractivity contribution is 6.34. The SMILES string of the molecule is Nc1cccc(Cl)c1Nc1cccc2cccnc12. The Balaban J connectivity index is 2.11. The minimum atomic E-state index is 0.591. The molecule has 0 unspecified atom stereocenters. The van der Waals surface area contributed by atoms with Crippen molar-refractivity contribution in [1.29, 1.82) is 0 Å². The molecule has 94 valence electrons. The van der Waals surface area contributed by atoms with E-state index in [2.05, 4.69) is 10.3 Å². The number of para-hydroxylation sites is 2. The molecule has 0 bridgehead atoms. The number of halogens is 1. The summed E-state index contributed by atoms with van der Waals surface area (Å²) in [6, 6.07) is 15.3. The first kappa shape index (κ1) is 11.8. The molecule has 2 aromatic carbocycles. The number of rotatable bonds is 2. The fourth-order valence-electron chi connectivity index (χ4n) is 2.01. The van der Waals surface area contributed by atoms with Crippen LogP contribution in [0, 0.1) is 0 Å². The number of nitrogens with two attached hydrogens (primary N) is 1. The molecule has 0 aliphatic heterocycles. The van der Waals surface area contributed by atoms with Gasteiger partial charge in [0.15, 0.2) is 0 Å². The minimum absolute atomic E-state index is 0.591. The van der Waals surface area contributed by atoms with Crippen molar-refractivity contribution in [2.75, 3.05) is 11.1 Å². The minimum Gasteiger partial charge on any atom is -0.397 e. The van der Waals surface area contributed by atoms with Gasteiger partial charge >= 0.3 is 0 Å². The van der Waals surface area contributed by atoms with Crippen LogP contribution in [0.25, 0.3) is 10.9 Å². The molecule has 1 heterocycles. The number of pyridine rings is 1. The van der Waals surface area contributed by atoms with Crippen LogP contribution < -0.4 is 11.1 Å². The lowest BCUT2D eigenvalue weighted by Crippen LogP contribution is -1.98. The van der Waals surface area contributed by atoms with Crippen molar-refractivity contribution >= 4 is 39.6 Å². The highest BCUT2D eigenvalue weighted by Gasteiger charge is 2.07. The molecule has 4 heteroatoms. The van der Waals surface area contributed by atoms with Crippen LogP contribution in [0.15, 0.2) is 54.7 Å². The van der Waals surface area contributed by atoms with Gasteiger partial charge in [0, 0.05) is 11.6 Å². The summed E-state index contributed by atoms with van der Waals surface area (Å²) in [6.07, 6.45) is 1.77. The third-order valence-corrected chi connectivity index (χ3v) is 3.25. The maximum absolute atomic E-state index is 6.17. The normalized spacial score (nSPS) is 10.6. The average Bonchev–Trinajstić information content (AvgIpc) is 2.43. The van der Waals surface area contributed by atoms with Gasteiger partial charge in [0.1, 0.15) is 0 Å². The Labute approximate surface area is 116 Å². The summed E-state index contributed by atoms with van der Waals surface area (Å²) in [5, 5.41) is 4.92. The summed E-state index contributed by atoms with van der Waals surface area (Å²) in [7, 11) is 0. The maximum Gasteiger partial charge on any atom is 0.0936 e. The molecule has 3 nitrogen and oxygen atoms in total. The van der Waals surface area contributed by atoms with Crippen molar-refractivity contribution in [2.24, 2.45) is 0 Å². The van der Waals surface area contributed by atoms with Gasteiger partial charge in [-0.05, 0) is 24.3 Å². The molecule has 3 rings (SSSR count). The summed E-state index contributed by atoms with van der Waals surface area (Å²) in [6.45, 7) is 0. The van der Waals surface area contributed by atoms with Gasteiger partial charge in [-0.3, -0.25) is 4.98 Å². The molecule has 0 fully saturated rings. The van der Waals surface area contributed by atoms with E-state index in [1.54, 1.807) is 12.3 Å². The quantitative estimate of drug-likeness (QED) is 0.685. The lowest BCUT2D eigenvalue weighted by Gasteiger charge is -2.12. The van der Waals surface area contributed by atoms with E-state index in [4.69, 9.17) is 17.3 Å². The van der Waals surface area contributed by atoms with Gasteiger partial charge in [0.2, 0.25) is 0 Å². The molecule has 0 atom stereocenters. The van der Waals surface area contributed by atoms with Gasteiger partial charge in [-0.1, -0.05) is 35.9 Å². The number of nitrogens with one attached hydrogen (secondary N) is 1. The molecular weight excluding hydrogens is 258 g/mol. The predicted octanol–water partition coefficient (Wildman–Crippen LogP) is 4.21. The first-order valence-corrected chi connectivity index (χ1v) is 6.28. The number of anilines is 3. The largest absolute Gasteiger partial charge is 0.397 e. The van der Waals surface area contributed by atoms with Crippen molar-refractivity contribution in [3.63, 3.8) is 0 Å². The van der Waals surface area contributed by atoms with E-state index in [-0.39, 0.29) is 0 Å². The zero-order chi connectivity index (χ0) is 13.2. The number of fused-ring (bicyclic) bond motifs is 1. The lowest BCUT2D eigenvalue weighted by atomic mass is 10.2. The summed E-state index contributed by atoms with van der Waals surface area (Å²) in [5.74, 6) is 0. The molecule has 0 amide bonds. The van der Waals surface area contributed by atoms with Gasteiger partial charge in [0.25, 0.3) is 0 Å². The van der Waals surface area contributed by atoms with Crippen LogP contribution in [0.3, 0.4) is 0 Å². The Morgan fingerprint density at radius 1 is 1.00 bits per heavy atom. The zero-order valence-electron chi connectivity index (χ0n) is 10.1. The van der Waals surface area contributed by atoms with Crippen molar-refractivity contribution in [3.8, 4) is 0 Å². The number of hydrogen-bond donors (Lipinski definition) is 2. The third kappa shape index (κ3) is 2.20. The number of nitrogens with zero attached hydrogens (tertiary/aromatic N) is 1. The van der Waals surface area contributed by atoms with E-state index < -0.39 is 0 Å². The Hall–Kier alpha value is -2.26. The molecule has 0 spiro atoms. The number of hydrogen-bond acceptors (Lipinski definition) is 3. The molecule has 0 radical (unpaired) electrons.